The van der Waals surface area contributed by atoms with Gasteiger partial charge in [-0.3, -0.25) is 0 Å². The number of carboxylic acids is 1. The van der Waals surface area contributed by atoms with E-state index in [-0.39, 0.29) is 11.6 Å². The Morgan fingerprint density at radius 2 is 1.96 bits per heavy atom. The van der Waals surface area contributed by atoms with Crippen LogP contribution in [0.25, 0.3) is 0 Å². The van der Waals surface area contributed by atoms with Gasteiger partial charge < -0.3 is 15.2 Å². The molecule has 0 aromatic heterocycles. The third-order valence-corrected chi connectivity index (χ3v) is 5.51. The van der Waals surface area contributed by atoms with Crippen LogP contribution in [0.4, 0.5) is 5.69 Å². The second-order valence-electron chi connectivity index (χ2n) is 6.54. The highest BCUT2D eigenvalue weighted by Crippen LogP contribution is 2.52. The molecule has 3 atom stereocenters. The minimum Gasteiger partial charge on any atom is -0.545 e. The fraction of sp³-hybridized carbons (Fsp3) is 0.250. The molecule has 0 radical (unpaired) electrons. The molecule has 2 aliphatic rings. The number of anilines is 1. The molecule has 1 heterocycles. The highest BCUT2D eigenvalue weighted by Gasteiger charge is 2.39. The summed E-state index contributed by atoms with van der Waals surface area (Å²) in [6.07, 6.45) is 5.44. The number of aromatic carboxylic acids is 1. The number of rotatable bonds is 2. The summed E-state index contributed by atoms with van der Waals surface area (Å²) >= 11 is 6.48. The Bertz CT molecular complexity index is 841. The summed E-state index contributed by atoms with van der Waals surface area (Å²) in [6.45, 7) is 2.08. The number of carbonyl (C=O) groups is 1. The first kappa shape index (κ1) is 15.3. The maximum absolute atomic E-state index is 11.0. The number of allylic oxidation sites excluding steroid dienone is 2. The number of hydrogen-bond donors (Lipinski definition) is 1. The van der Waals surface area contributed by atoms with Crippen molar-refractivity contribution in [2.75, 3.05) is 5.32 Å². The summed E-state index contributed by atoms with van der Waals surface area (Å²) < 4.78 is 0. The maximum Gasteiger partial charge on any atom is 0.0715 e. The van der Waals surface area contributed by atoms with E-state index in [9.17, 15) is 9.90 Å². The van der Waals surface area contributed by atoms with Gasteiger partial charge in [0.25, 0.3) is 0 Å². The monoisotopic (exact) mass is 338 g/mol. The second kappa shape index (κ2) is 5.67. The van der Waals surface area contributed by atoms with Gasteiger partial charge in [-0.25, -0.2) is 0 Å². The van der Waals surface area contributed by atoms with Gasteiger partial charge in [-0.15, -0.1) is 0 Å². The number of carboxylic acid groups (broad SMARTS) is 1. The van der Waals surface area contributed by atoms with E-state index < -0.39 is 5.97 Å². The van der Waals surface area contributed by atoms with Crippen molar-refractivity contribution < 1.29 is 9.90 Å². The van der Waals surface area contributed by atoms with Crippen LogP contribution in [-0.2, 0) is 0 Å². The zero-order valence-corrected chi connectivity index (χ0v) is 14.0. The predicted octanol–water partition coefficient (Wildman–Crippen LogP) is 3.84. The van der Waals surface area contributed by atoms with E-state index in [0.29, 0.717) is 11.8 Å². The van der Waals surface area contributed by atoms with Gasteiger partial charge in [0.1, 0.15) is 0 Å². The first-order valence-electron chi connectivity index (χ1n) is 8.10. The Labute approximate surface area is 146 Å². The molecule has 0 bridgehead atoms. The fourth-order valence-corrected chi connectivity index (χ4v) is 4.25. The van der Waals surface area contributed by atoms with Crippen molar-refractivity contribution in [3.63, 3.8) is 0 Å². The van der Waals surface area contributed by atoms with Gasteiger partial charge >= 0.3 is 0 Å². The van der Waals surface area contributed by atoms with E-state index >= 15 is 0 Å². The summed E-state index contributed by atoms with van der Waals surface area (Å²) in [5.41, 5.74) is 4.74. The van der Waals surface area contributed by atoms with Crippen molar-refractivity contribution in [3.05, 3.63) is 75.8 Å². The minimum atomic E-state index is -1.15. The number of carbonyl (C=O) groups excluding carboxylic acids is 1. The second-order valence-corrected chi connectivity index (χ2v) is 6.95. The molecule has 1 aliphatic heterocycles. The van der Waals surface area contributed by atoms with E-state index in [4.69, 9.17) is 11.6 Å². The zero-order valence-electron chi connectivity index (χ0n) is 13.3. The van der Waals surface area contributed by atoms with E-state index in [1.54, 1.807) is 12.1 Å². The molecule has 122 valence electrons. The first-order valence-corrected chi connectivity index (χ1v) is 8.47. The Hall–Kier alpha value is -2.26. The molecule has 0 saturated carbocycles. The SMILES string of the molecule is Cc1ccc(Cl)c2c1N[C@H](c1ccc(C(=O)[O-])cc1)[C@H]1CC=C[C@@H]21. The number of nitrogens with one attached hydrogen (secondary N) is 1. The van der Waals surface area contributed by atoms with Crippen LogP contribution in [0.3, 0.4) is 0 Å². The standard InChI is InChI=1S/C20H18ClNO2/c1-11-5-10-16(21)17-14-3-2-4-15(14)19(22-18(11)17)12-6-8-13(9-7-12)20(23)24/h2-3,5-10,14-15,19,22H,4H2,1H3,(H,23,24)/p-1/t14-,15+,19-/m1/s1. The van der Waals surface area contributed by atoms with Crippen LogP contribution >= 0.6 is 11.6 Å². The van der Waals surface area contributed by atoms with Crippen molar-refractivity contribution in [1.29, 1.82) is 0 Å². The van der Waals surface area contributed by atoms with Crippen LogP contribution in [0.2, 0.25) is 5.02 Å². The van der Waals surface area contributed by atoms with E-state index in [1.807, 2.05) is 24.3 Å². The minimum absolute atomic E-state index is 0.130. The van der Waals surface area contributed by atoms with Gasteiger partial charge in [0.05, 0.1) is 12.0 Å². The first-order chi connectivity index (χ1) is 11.6. The number of hydrogen-bond acceptors (Lipinski definition) is 3. The van der Waals surface area contributed by atoms with Crippen LogP contribution in [0.15, 0.2) is 48.6 Å². The van der Waals surface area contributed by atoms with Crippen LogP contribution < -0.4 is 10.4 Å². The average molecular weight is 339 g/mol. The fourth-order valence-electron chi connectivity index (χ4n) is 3.97. The summed E-state index contributed by atoms with van der Waals surface area (Å²) in [4.78, 5) is 11.0. The normalized spacial score (nSPS) is 24.2. The lowest BCUT2D eigenvalue weighted by atomic mass is 9.76. The van der Waals surface area contributed by atoms with Gasteiger partial charge in [-0.05, 0) is 42.0 Å². The molecule has 1 N–H and O–H groups in total. The molecule has 0 fully saturated rings. The maximum atomic E-state index is 11.0. The van der Waals surface area contributed by atoms with E-state index in [2.05, 4.69) is 24.4 Å². The van der Waals surface area contributed by atoms with Gasteiger partial charge in [-0.1, -0.05) is 54.1 Å². The van der Waals surface area contributed by atoms with Gasteiger partial charge in [0.2, 0.25) is 0 Å². The lowest BCUT2D eigenvalue weighted by Crippen LogP contribution is -2.30. The lowest BCUT2D eigenvalue weighted by molar-refractivity contribution is -0.255. The quantitative estimate of drug-likeness (QED) is 0.846. The number of benzene rings is 2. The lowest BCUT2D eigenvalue weighted by Gasteiger charge is -2.38. The van der Waals surface area contributed by atoms with Crippen LogP contribution in [0.5, 0.6) is 0 Å². The molecule has 0 saturated heterocycles. The molecule has 1 aliphatic carbocycles. The van der Waals surface area contributed by atoms with Crippen molar-refractivity contribution in [2.24, 2.45) is 5.92 Å². The van der Waals surface area contributed by atoms with E-state index in [1.165, 1.54) is 11.1 Å². The molecular weight excluding hydrogens is 322 g/mol. The average Bonchev–Trinajstić information content (AvgIpc) is 3.07. The van der Waals surface area contributed by atoms with Crippen molar-refractivity contribution in [2.45, 2.75) is 25.3 Å². The molecule has 0 unspecified atom stereocenters. The third kappa shape index (κ3) is 2.31. The summed E-state index contributed by atoms with van der Waals surface area (Å²) in [7, 11) is 0. The molecule has 24 heavy (non-hydrogen) atoms. The Morgan fingerprint density at radius 1 is 1.21 bits per heavy atom. The number of halogens is 1. The Kier molecular flexibility index (Phi) is 3.61. The van der Waals surface area contributed by atoms with Gasteiger partial charge in [-0.2, -0.15) is 0 Å². The van der Waals surface area contributed by atoms with Crippen LogP contribution in [0.1, 0.15) is 45.4 Å². The molecule has 0 amide bonds. The molecule has 2 aromatic rings. The molecular formula is C20H17ClNO2-. The van der Waals surface area contributed by atoms with Crippen molar-refractivity contribution in [3.8, 4) is 0 Å². The highest BCUT2D eigenvalue weighted by molar-refractivity contribution is 6.32. The number of aryl methyl sites for hydroxylation is 1. The van der Waals surface area contributed by atoms with Crippen LogP contribution in [0, 0.1) is 12.8 Å². The van der Waals surface area contributed by atoms with Crippen molar-refractivity contribution >= 4 is 23.3 Å². The third-order valence-electron chi connectivity index (χ3n) is 5.18. The van der Waals surface area contributed by atoms with E-state index in [0.717, 1.165) is 22.7 Å². The van der Waals surface area contributed by atoms with Crippen LogP contribution in [-0.4, -0.2) is 5.97 Å². The van der Waals surface area contributed by atoms with Gasteiger partial charge in [0, 0.05) is 22.2 Å². The Balaban J connectivity index is 1.78. The summed E-state index contributed by atoms with van der Waals surface area (Å²) in [5, 5.41) is 15.4. The summed E-state index contributed by atoms with van der Waals surface area (Å²) in [6, 6.07) is 11.1. The molecule has 4 rings (SSSR count). The smallest absolute Gasteiger partial charge is 0.0715 e. The topological polar surface area (TPSA) is 52.2 Å². The Morgan fingerprint density at radius 3 is 2.67 bits per heavy atom. The summed E-state index contributed by atoms with van der Waals surface area (Å²) in [5.74, 6) is -0.475. The molecule has 2 aromatic carbocycles. The predicted molar refractivity (Wildman–Crippen MR) is 93.3 cm³/mol. The zero-order chi connectivity index (χ0) is 16.8. The highest BCUT2D eigenvalue weighted by atomic mass is 35.5. The molecule has 4 heteroatoms. The van der Waals surface area contributed by atoms with Crippen molar-refractivity contribution in [1.82, 2.24) is 0 Å². The molecule has 0 spiro atoms. The number of fused-ring (bicyclic) bond motifs is 3. The largest absolute Gasteiger partial charge is 0.545 e. The molecule has 3 nitrogen and oxygen atoms in total. The van der Waals surface area contributed by atoms with Gasteiger partial charge in [0.15, 0.2) is 0 Å².